The Morgan fingerprint density at radius 1 is 0.926 bits per heavy atom. The van der Waals surface area contributed by atoms with Gasteiger partial charge in [0.15, 0.2) is 0 Å². The number of rotatable bonds is 6. The van der Waals surface area contributed by atoms with Crippen LogP contribution in [0.15, 0.2) is 77.7 Å². The van der Waals surface area contributed by atoms with Crippen molar-refractivity contribution in [3.8, 4) is 11.1 Å². The molecule has 0 radical (unpaired) electrons. The number of sulfonamides is 1. The maximum atomic E-state index is 12.3. The van der Waals surface area contributed by atoms with Crippen LogP contribution in [0.4, 0.5) is 0 Å². The van der Waals surface area contributed by atoms with Crippen molar-refractivity contribution < 1.29 is 8.42 Å². The first kappa shape index (κ1) is 19.3. The van der Waals surface area contributed by atoms with Crippen LogP contribution in [0.25, 0.3) is 11.1 Å². The predicted molar refractivity (Wildman–Crippen MR) is 110 cm³/mol. The van der Waals surface area contributed by atoms with E-state index in [2.05, 4.69) is 13.0 Å². The first-order valence-corrected chi connectivity index (χ1v) is 10.5. The van der Waals surface area contributed by atoms with Gasteiger partial charge in [-0.05, 0) is 34.7 Å². The highest BCUT2D eigenvalue weighted by Crippen LogP contribution is 2.35. The Bertz CT molecular complexity index is 1030. The van der Waals surface area contributed by atoms with Gasteiger partial charge in [-0.2, -0.15) is 0 Å². The molecule has 4 nitrogen and oxygen atoms in total. The van der Waals surface area contributed by atoms with Crippen LogP contribution in [0, 0.1) is 0 Å². The fourth-order valence-corrected chi connectivity index (χ4v) is 4.34. The highest BCUT2D eigenvalue weighted by molar-refractivity contribution is 7.89. The number of hydrogen-bond acceptors (Lipinski definition) is 3. The van der Waals surface area contributed by atoms with Gasteiger partial charge in [-0.1, -0.05) is 73.7 Å². The Labute approximate surface area is 160 Å². The number of hydrogen-bond donors (Lipinski definition) is 2. The molecular weight excluding hydrogens is 356 g/mol. The molecule has 4 N–H and O–H groups in total. The fraction of sp³-hybridized carbons (Fsp3) is 0.182. The van der Waals surface area contributed by atoms with Gasteiger partial charge in [-0.15, -0.1) is 0 Å². The van der Waals surface area contributed by atoms with Crippen LogP contribution in [-0.2, 0) is 16.6 Å². The van der Waals surface area contributed by atoms with E-state index in [-0.39, 0.29) is 10.8 Å². The smallest absolute Gasteiger partial charge is 0.238 e. The van der Waals surface area contributed by atoms with E-state index in [4.69, 9.17) is 10.9 Å². The standard InChI is InChI=1S/C22H24N2O2S/c1-2-19(20-11-7-6-10-18(20)15-23)17-12-13-21(16-8-4-3-5-9-16)22(14-17)27(24,25)26/h3-14,19H,2,15,23H2,1H3,(H2,24,25,26). The summed E-state index contributed by atoms with van der Waals surface area (Å²) < 4.78 is 24.6. The lowest BCUT2D eigenvalue weighted by Crippen LogP contribution is -2.15. The lowest BCUT2D eigenvalue weighted by Gasteiger charge is -2.21. The SMILES string of the molecule is CCC(c1ccc(-c2ccccc2)c(S(N)(=O)=O)c1)c1ccccc1CN. The average Bonchev–Trinajstić information content (AvgIpc) is 2.69. The quantitative estimate of drug-likeness (QED) is 0.678. The van der Waals surface area contributed by atoms with Crippen LogP contribution < -0.4 is 10.9 Å². The van der Waals surface area contributed by atoms with Gasteiger partial charge in [0, 0.05) is 18.0 Å². The first-order valence-electron chi connectivity index (χ1n) is 8.95. The van der Waals surface area contributed by atoms with Crippen LogP contribution in [0.5, 0.6) is 0 Å². The Balaban J connectivity index is 2.17. The molecule has 1 unspecified atom stereocenters. The van der Waals surface area contributed by atoms with Crippen molar-refractivity contribution in [3.63, 3.8) is 0 Å². The van der Waals surface area contributed by atoms with Crippen molar-refractivity contribution in [2.75, 3.05) is 0 Å². The fourth-order valence-electron chi connectivity index (χ4n) is 3.54. The van der Waals surface area contributed by atoms with Gasteiger partial charge in [0.2, 0.25) is 10.0 Å². The third kappa shape index (κ3) is 4.11. The van der Waals surface area contributed by atoms with E-state index in [1.54, 1.807) is 6.07 Å². The molecule has 0 fully saturated rings. The second-order valence-electron chi connectivity index (χ2n) is 6.53. The van der Waals surface area contributed by atoms with Crippen LogP contribution in [-0.4, -0.2) is 8.42 Å². The average molecular weight is 381 g/mol. The Kier molecular flexibility index (Phi) is 5.75. The number of nitrogens with two attached hydrogens (primary N) is 2. The molecule has 3 aromatic rings. The van der Waals surface area contributed by atoms with Gasteiger partial charge in [-0.3, -0.25) is 0 Å². The van der Waals surface area contributed by atoms with Crippen LogP contribution in [0.2, 0.25) is 0 Å². The Hall–Kier alpha value is -2.47. The normalized spacial score (nSPS) is 12.7. The van der Waals surface area contributed by atoms with E-state index in [9.17, 15) is 8.42 Å². The second-order valence-corrected chi connectivity index (χ2v) is 8.06. The summed E-state index contributed by atoms with van der Waals surface area (Å²) in [6.45, 7) is 2.52. The van der Waals surface area contributed by atoms with Gasteiger partial charge in [-0.25, -0.2) is 13.6 Å². The highest BCUT2D eigenvalue weighted by atomic mass is 32.2. The molecule has 0 aliphatic rings. The minimum Gasteiger partial charge on any atom is -0.326 e. The van der Waals surface area contributed by atoms with Gasteiger partial charge in [0.05, 0.1) is 4.90 Å². The summed E-state index contributed by atoms with van der Waals surface area (Å²) in [7, 11) is -3.87. The third-order valence-electron chi connectivity index (χ3n) is 4.86. The van der Waals surface area contributed by atoms with Gasteiger partial charge in [0.1, 0.15) is 0 Å². The summed E-state index contributed by atoms with van der Waals surface area (Å²) in [5.41, 5.74) is 10.4. The molecule has 140 valence electrons. The maximum absolute atomic E-state index is 12.3. The topological polar surface area (TPSA) is 86.2 Å². The molecule has 5 heteroatoms. The number of benzene rings is 3. The summed E-state index contributed by atoms with van der Waals surface area (Å²) in [6, 6.07) is 23.0. The van der Waals surface area contributed by atoms with Crippen molar-refractivity contribution in [2.45, 2.75) is 30.7 Å². The van der Waals surface area contributed by atoms with E-state index in [1.165, 1.54) is 0 Å². The van der Waals surface area contributed by atoms with Crippen molar-refractivity contribution >= 4 is 10.0 Å². The third-order valence-corrected chi connectivity index (χ3v) is 5.81. The maximum Gasteiger partial charge on any atom is 0.238 e. The largest absolute Gasteiger partial charge is 0.326 e. The molecule has 0 aliphatic carbocycles. The summed E-state index contributed by atoms with van der Waals surface area (Å²) in [4.78, 5) is 0.148. The zero-order chi connectivity index (χ0) is 19.4. The van der Waals surface area contributed by atoms with Crippen LogP contribution in [0.1, 0.15) is 36.0 Å². The molecule has 0 saturated carbocycles. The van der Waals surface area contributed by atoms with E-state index in [0.717, 1.165) is 28.7 Å². The summed E-state index contributed by atoms with van der Waals surface area (Å²) in [5, 5.41) is 5.55. The molecule has 27 heavy (non-hydrogen) atoms. The molecule has 0 aliphatic heterocycles. The van der Waals surface area contributed by atoms with E-state index in [0.29, 0.717) is 12.1 Å². The first-order chi connectivity index (χ1) is 13.0. The van der Waals surface area contributed by atoms with Crippen molar-refractivity contribution in [3.05, 3.63) is 89.5 Å². The van der Waals surface area contributed by atoms with Crippen molar-refractivity contribution in [1.82, 2.24) is 0 Å². The van der Waals surface area contributed by atoms with Gasteiger partial charge < -0.3 is 5.73 Å². The number of primary sulfonamides is 1. The minimum atomic E-state index is -3.87. The summed E-state index contributed by atoms with van der Waals surface area (Å²) >= 11 is 0. The molecule has 0 bridgehead atoms. The van der Waals surface area contributed by atoms with Crippen LogP contribution in [0.3, 0.4) is 0 Å². The van der Waals surface area contributed by atoms with Gasteiger partial charge >= 0.3 is 0 Å². The summed E-state index contributed by atoms with van der Waals surface area (Å²) in [6.07, 6.45) is 0.825. The molecule has 0 aromatic heterocycles. The Morgan fingerprint density at radius 3 is 2.22 bits per heavy atom. The molecule has 0 amide bonds. The van der Waals surface area contributed by atoms with E-state index >= 15 is 0 Å². The minimum absolute atomic E-state index is 0.0510. The highest BCUT2D eigenvalue weighted by Gasteiger charge is 2.21. The molecular formula is C22H24N2O2S. The van der Waals surface area contributed by atoms with E-state index < -0.39 is 10.0 Å². The van der Waals surface area contributed by atoms with Crippen LogP contribution >= 0.6 is 0 Å². The summed E-state index contributed by atoms with van der Waals surface area (Å²) in [5.74, 6) is 0.0510. The molecule has 3 aromatic carbocycles. The lowest BCUT2D eigenvalue weighted by molar-refractivity contribution is 0.597. The molecule has 1 atom stereocenters. The zero-order valence-corrected chi connectivity index (χ0v) is 16.1. The monoisotopic (exact) mass is 380 g/mol. The predicted octanol–water partition coefficient (Wildman–Crippen LogP) is 4.00. The second kappa shape index (κ2) is 8.05. The molecule has 0 heterocycles. The molecule has 0 saturated heterocycles. The Morgan fingerprint density at radius 2 is 1.59 bits per heavy atom. The van der Waals surface area contributed by atoms with Gasteiger partial charge in [0.25, 0.3) is 0 Å². The van der Waals surface area contributed by atoms with Crippen molar-refractivity contribution in [1.29, 1.82) is 0 Å². The van der Waals surface area contributed by atoms with E-state index in [1.807, 2.05) is 60.7 Å². The lowest BCUT2D eigenvalue weighted by atomic mass is 9.85. The van der Waals surface area contributed by atoms with Crippen molar-refractivity contribution in [2.24, 2.45) is 10.9 Å². The molecule has 3 rings (SSSR count). The molecule has 0 spiro atoms. The zero-order valence-electron chi connectivity index (χ0n) is 15.3.